The normalized spacial score (nSPS) is 16.3. The molecule has 0 fully saturated rings. The molecule has 0 heterocycles. The quantitative estimate of drug-likeness (QED) is 0.198. The molecule has 0 nitrogen and oxygen atoms in total. The van der Waals surface area contributed by atoms with Crippen LogP contribution in [0.15, 0.2) is 114 Å². The van der Waals surface area contributed by atoms with E-state index in [9.17, 15) is 0 Å². The minimum atomic E-state index is 0. The van der Waals surface area contributed by atoms with E-state index < -0.39 is 0 Å². The molecule has 2 aliphatic rings. The van der Waals surface area contributed by atoms with Crippen LogP contribution < -0.4 is 0 Å². The van der Waals surface area contributed by atoms with Crippen LogP contribution in [0.2, 0.25) is 0 Å². The van der Waals surface area contributed by atoms with Crippen molar-refractivity contribution in [3.8, 4) is 0 Å². The summed E-state index contributed by atoms with van der Waals surface area (Å²) in [6.45, 7) is 10.5. The molecule has 0 bridgehead atoms. The molecule has 2 aliphatic carbocycles. The summed E-state index contributed by atoms with van der Waals surface area (Å²) >= 11 is 1.58. The van der Waals surface area contributed by atoms with Gasteiger partial charge in [-0.1, -0.05) is 100 Å². The number of halogens is 2. The van der Waals surface area contributed by atoms with Crippen LogP contribution >= 0.6 is 24.8 Å². The van der Waals surface area contributed by atoms with Crippen molar-refractivity contribution in [2.45, 2.75) is 27.7 Å². The molecule has 3 aromatic rings. The molecular formula is C33H38Cl2SiZr-4. The first-order valence-corrected chi connectivity index (χ1v) is 17.5. The Labute approximate surface area is 255 Å². The van der Waals surface area contributed by atoms with E-state index in [1.54, 1.807) is 23.3 Å². The summed E-state index contributed by atoms with van der Waals surface area (Å²) in [7, 11) is 0. The van der Waals surface area contributed by atoms with Crippen LogP contribution in [0.25, 0.3) is 11.1 Å². The van der Waals surface area contributed by atoms with Crippen LogP contribution in [-0.4, -0.2) is 6.88 Å². The number of rotatable bonds is 2. The van der Waals surface area contributed by atoms with Gasteiger partial charge in [0.25, 0.3) is 0 Å². The third-order valence-corrected chi connectivity index (χ3v) is 5.31. The fourth-order valence-electron chi connectivity index (χ4n) is 3.87. The number of hydrogen-bond acceptors (Lipinski definition) is 0. The summed E-state index contributed by atoms with van der Waals surface area (Å²) < 4.78 is 0. The molecule has 0 aromatic heterocycles. The average molecular weight is 625 g/mol. The van der Waals surface area contributed by atoms with E-state index in [4.69, 9.17) is 0 Å². The van der Waals surface area contributed by atoms with E-state index in [1.165, 1.54) is 33.4 Å². The predicted octanol–water partition coefficient (Wildman–Crippen LogP) is 8.80. The summed E-state index contributed by atoms with van der Waals surface area (Å²) in [4.78, 5) is 0. The molecule has 0 aliphatic heterocycles. The van der Waals surface area contributed by atoms with E-state index in [-0.39, 0.29) is 32.2 Å². The van der Waals surface area contributed by atoms with E-state index in [0.29, 0.717) is 11.8 Å². The molecule has 196 valence electrons. The third-order valence-electron chi connectivity index (χ3n) is 5.31. The van der Waals surface area contributed by atoms with Gasteiger partial charge in [-0.15, -0.1) is 35.9 Å². The van der Waals surface area contributed by atoms with Gasteiger partial charge >= 0.3 is 30.2 Å². The van der Waals surface area contributed by atoms with E-state index >= 15 is 0 Å². The fourth-order valence-corrected chi connectivity index (χ4v) is 3.87. The van der Waals surface area contributed by atoms with Gasteiger partial charge < -0.3 is 7.43 Å². The van der Waals surface area contributed by atoms with Crippen LogP contribution in [0, 0.1) is 37.5 Å². The Balaban J connectivity index is 0. The molecule has 2 unspecified atom stereocenters. The maximum Gasteiger partial charge on any atom is -0.171 e. The Bertz CT molecular complexity index is 1020. The number of allylic oxidation sites excluding steroid dienone is 8. The van der Waals surface area contributed by atoms with Crippen molar-refractivity contribution in [3.05, 3.63) is 151 Å². The molecular weight excluding hydrogens is 587 g/mol. The zero-order chi connectivity index (χ0) is 24.8. The molecule has 4 heteroatoms. The van der Waals surface area contributed by atoms with E-state index in [0.717, 1.165) is 0 Å². The Hall–Kier alpha value is -1.70. The van der Waals surface area contributed by atoms with Crippen molar-refractivity contribution >= 4 is 42.8 Å². The van der Waals surface area contributed by atoms with Crippen molar-refractivity contribution in [2.75, 3.05) is 0 Å². The summed E-state index contributed by atoms with van der Waals surface area (Å²) in [5.41, 5.74) is 7.84. The largest absolute Gasteiger partial charge is 0.184 e. The summed E-state index contributed by atoms with van der Waals surface area (Å²) in [6.07, 6.45) is 11.3. The van der Waals surface area contributed by atoms with Gasteiger partial charge in [-0.2, -0.15) is 59.7 Å². The predicted molar refractivity (Wildman–Crippen MR) is 167 cm³/mol. The van der Waals surface area contributed by atoms with Crippen molar-refractivity contribution in [1.82, 2.24) is 0 Å². The van der Waals surface area contributed by atoms with Crippen molar-refractivity contribution in [2.24, 2.45) is 11.8 Å². The third kappa shape index (κ3) is 13.1. The topological polar surface area (TPSA) is 0 Å². The van der Waals surface area contributed by atoms with Gasteiger partial charge in [-0.3, -0.25) is 12.2 Å². The molecule has 0 saturated heterocycles. The Kier molecular flexibility index (Phi) is 21.5. The van der Waals surface area contributed by atoms with Gasteiger partial charge in [0.15, 0.2) is 0 Å². The van der Waals surface area contributed by atoms with Crippen molar-refractivity contribution in [1.29, 1.82) is 0 Å². The summed E-state index contributed by atoms with van der Waals surface area (Å²) in [6, 6.07) is 33.5. The van der Waals surface area contributed by atoms with Gasteiger partial charge in [0, 0.05) is 0 Å². The van der Waals surface area contributed by atoms with E-state index in [2.05, 4.69) is 107 Å². The van der Waals surface area contributed by atoms with Crippen LogP contribution in [0.5, 0.6) is 0 Å². The molecule has 0 amide bonds. The minimum Gasteiger partial charge on any atom is -0.184 e. The smallest absolute Gasteiger partial charge is 0.171 e. The zero-order valence-corrected chi connectivity index (χ0v) is 28.0. The zero-order valence-electron chi connectivity index (χ0n) is 22.5. The van der Waals surface area contributed by atoms with Gasteiger partial charge in [-0.25, -0.2) is 11.1 Å². The van der Waals surface area contributed by atoms with Gasteiger partial charge in [-0.05, 0) is 0 Å². The maximum absolute atomic E-state index is 3.39. The molecule has 5 rings (SSSR count). The molecule has 2 atom stereocenters. The first-order chi connectivity index (χ1) is 16.5. The summed E-state index contributed by atoms with van der Waals surface area (Å²) in [5, 5.41) is 0. The second kappa shape index (κ2) is 21.3. The standard InChI is InChI=1S/2C13H13.C6H5.CH3.2ClH.H2Si.Zr/c2*1-10-8-11(2)13(9-10)12-6-4-3-5-7-12;1-2-4-6-5-3-1;;;;;/h2*3-7,9-10H,1-2H3;1-5H;1H3;2*1H;1H2;/q4*-1;;;;. The van der Waals surface area contributed by atoms with Gasteiger partial charge in [0.05, 0.1) is 0 Å². The molecule has 0 saturated carbocycles. The molecule has 0 N–H and O–H groups in total. The second-order valence-corrected chi connectivity index (χ2v) is 8.09. The molecule has 0 spiro atoms. The van der Waals surface area contributed by atoms with Crippen LogP contribution in [0.4, 0.5) is 0 Å². The minimum absolute atomic E-state index is 0. The van der Waals surface area contributed by atoms with Crippen LogP contribution in [-0.2, 0) is 23.3 Å². The van der Waals surface area contributed by atoms with Gasteiger partial charge in [0.2, 0.25) is 0 Å². The molecule has 3 aromatic carbocycles. The molecule has 37 heavy (non-hydrogen) atoms. The second-order valence-electron chi connectivity index (χ2n) is 8.09. The average Bonchev–Trinajstić information content (AvgIpc) is 3.42. The molecule has 0 radical (unpaired) electrons. The number of hydrogen-bond donors (Lipinski definition) is 0. The monoisotopic (exact) mass is 622 g/mol. The SMILES string of the molecule is CC1=[C-]C(C)C=C1c1ccccc1.CC1=[C-]C(C)C=C1c1ccccc1.Cl.Cl.[CH3-].[SiH2]=[Zr].[c-]1ccccc1. The fraction of sp³-hybridized carbons (Fsp3) is 0.182. The van der Waals surface area contributed by atoms with Crippen molar-refractivity contribution < 1.29 is 23.3 Å². The first kappa shape index (κ1) is 37.5. The van der Waals surface area contributed by atoms with E-state index in [1.807, 2.05) is 49.3 Å². The number of benzene rings is 3. The van der Waals surface area contributed by atoms with Crippen molar-refractivity contribution in [3.63, 3.8) is 0 Å². The van der Waals surface area contributed by atoms with Crippen LogP contribution in [0.1, 0.15) is 38.8 Å². The van der Waals surface area contributed by atoms with Crippen LogP contribution in [0.3, 0.4) is 0 Å². The first-order valence-electron chi connectivity index (χ1n) is 11.6. The Morgan fingerprint density at radius 1 is 0.595 bits per heavy atom. The Morgan fingerprint density at radius 3 is 1.14 bits per heavy atom. The van der Waals surface area contributed by atoms with Gasteiger partial charge in [0.1, 0.15) is 0 Å². The Morgan fingerprint density at radius 2 is 0.919 bits per heavy atom. The summed E-state index contributed by atoms with van der Waals surface area (Å²) in [5.74, 6) is 0.936. The maximum atomic E-state index is 3.39.